The molecule has 1 aromatic rings. The molecule has 0 bridgehead atoms. The average Bonchev–Trinajstić information content (AvgIpc) is 2.67. The summed E-state index contributed by atoms with van der Waals surface area (Å²) in [6.07, 6.45) is 5.92. The van der Waals surface area contributed by atoms with E-state index >= 15 is 0 Å². The van der Waals surface area contributed by atoms with Crippen LogP contribution >= 0.6 is 11.8 Å². The smallest absolute Gasteiger partial charge is 0.328 e. The second kappa shape index (κ2) is 7.38. The molecule has 20 heavy (non-hydrogen) atoms. The molecule has 1 atom stereocenters. The van der Waals surface area contributed by atoms with Crippen molar-refractivity contribution in [1.82, 2.24) is 9.78 Å². The Bertz CT molecular complexity index is 497. The standard InChI is InChI=1S/C14H23N3O2S/c1-6-11(9-20-5)16(3)14-12(7-8-13(18)19)10(2)15-17(14)4/h7-8,11H,6,9H2,1-5H3,(H,18,19)/b8-7+. The second-order valence-electron chi connectivity index (χ2n) is 4.75. The summed E-state index contributed by atoms with van der Waals surface area (Å²) in [5.41, 5.74) is 1.71. The Kier molecular flexibility index (Phi) is 6.13. The molecule has 0 aliphatic heterocycles. The van der Waals surface area contributed by atoms with Gasteiger partial charge < -0.3 is 10.0 Å². The number of carboxylic acids is 1. The molecule has 5 nitrogen and oxygen atoms in total. The van der Waals surface area contributed by atoms with E-state index in [0.717, 1.165) is 35.3 Å². The number of hydrogen-bond acceptors (Lipinski definition) is 4. The predicted molar refractivity (Wildman–Crippen MR) is 85.5 cm³/mol. The van der Waals surface area contributed by atoms with Gasteiger partial charge in [0.05, 0.1) is 5.69 Å². The highest BCUT2D eigenvalue weighted by Crippen LogP contribution is 2.26. The van der Waals surface area contributed by atoms with E-state index in [1.165, 1.54) is 0 Å². The minimum absolute atomic E-state index is 0.400. The number of aromatic nitrogens is 2. The van der Waals surface area contributed by atoms with E-state index in [0.29, 0.717) is 6.04 Å². The number of hydrogen-bond donors (Lipinski definition) is 1. The van der Waals surface area contributed by atoms with Gasteiger partial charge in [0.15, 0.2) is 0 Å². The Morgan fingerprint density at radius 1 is 1.60 bits per heavy atom. The van der Waals surface area contributed by atoms with Crippen molar-refractivity contribution in [1.29, 1.82) is 0 Å². The van der Waals surface area contributed by atoms with Crippen molar-refractivity contribution < 1.29 is 9.90 Å². The van der Waals surface area contributed by atoms with Gasteiger partial charge in [-0.3, -0.25) is 4.68 Å². The van der Waals surface area contributed by atoms with Gasteiger partial charge in [0.25, 0.3) is 0 Å². The van der Waals surface area contributed by atoms with Gasteiger partial charge >= 0.3 is 5.97 Å². The molecule has 0 amide bonds. The lowest BCUT2D eigenvalue weighted by Gasteiger charge is -2.29. The molecule has 1 N–H and O–H groups in total. The monoisotopic (exact) mass is 297 g/mol. The zero-order chi connectivity index (χ0) is 15.3. The summed E-state index contributed by atoms with van der Waals surface area (Å²) in [6.45, 7) is 4.06. The third-order valence-electron chi connectivity index (χ3n) is 3.34. The molecule has 0 saturated heterocycles. The van der Waals surface area contributed by atoms with Crippen LogP contribution in [0.1, 0.15) is 24.6 Å². The molecule has 1 heterocycles. The number of aliphatic carboxylic acids is 1. The molecule has 1 aromatic heterocycles. The highest BCUT2D eigenvalue weighted by molar-refractivity contribution is 7.98. The molecule has 112 valence electrons. The highest BCUT2D eigenvalue weighted by Gasteiger charge is 2.20. The molecule has 0 aromatic carbocycles. The van der Waals surface area contributed by atoms with Gasteiger partial charge in [-0.15, -0.1) is 0 Å². The summed E-state index contributed by atoms with van der Waals surface area (Å²) in [7, 11) is 3.93. The van der Waals surface area contributed by atoms with Gasteiger partial charge in [0.1, 0.15) is 5.82 Å². The number of rotatable bonds is 7. The van der Waals surface area contributed by atoms with Crippen LogP contribution in [0.25, 0.3) is 6.08 Å². The lowest BCUT2D eigenvalue weighted by atomic mass is 10.1. The van der Waals surface area contributed by atoms with E-state index in [9.17, 15) is 4.79 Å². The van der Waals surface area contributed by atoms with E-state index in [4.69, 9.17) is 5.11 Å². The lowest BCUT2D eigenvalue weighted by molar-refractivity contribution is -0.131. The molecule has 0 spiro atoms. The van der Waals surface area contributed by atoms with Gasteiger partial charge in [-0.25, -0.2) is 4.79 Å². The Morgan fingerprint density at radius 2 is 2.25 bits per heavy atom. The van der Waals surface area contributed by atoms with Gasteiger partial charge in [0.2, 0.25) is 0 Å². The Hall–Kier alpha value is -1.43. The van der Waals surface area contributed by atoms with E-state index in [1.807, 2.05) is 37.5 Å². The molecule has 0 fully saturated rings. The Balaban J connectivity index is 3.18. The maximum Gasteiger partial charge on any atom is 0.328 e. The largest absolute Gasteiger partial charge is 0.478 e. The fourth-order valence-electron chi connectivity index (χ4n) is 2.30. The zero-order valence-electron chi connectivity index (χ0n) is 12.8. The number of thioether (sulfide) groups is 1. The van der Waals surface area contributed by atoms with Crippen LogP contribution in [0.5, 0.6) is 0 Å². The summed E-state index contributed by atoms with van der Waals surface area (Å²) in [5.74, 6) is 1.04. The number of carbonyl (C=O) groups is 1. The molecule has 0 radical (unpaired) electrons. The summed E-state index contributed by atoms with van der Waals surface area (Å²) in [4.78, 5) is 12.9. The first kappa shape index (κ1) is 16.6. The highest BCUT2D eigenvalue weighted by atomic mass is 32.2. The first-order valence-electron chi connectivity index (χ1n) is 6.58. The minimum Gasteiger partial charge on any atom is -0.478 e. The Morgan fingerprint density at radius 3 is 2.75 bits per heavy atom. The summed E-state index contributed by atoms with van der Waals surface area (Å²) < 4.78 is 1.82. The first-order chi connectivity index (χ1) is 9.42. The van der Waals surface area contributed by atoms with Crippen LogP contribution in [0.3, 0.4) is 0 Å². The molecule has 1 unspecified atom stereocenters. The van der Waals surface area contributed by atoms with Crippen molar-refractivity contribution in [3.63, 3.8) is 0 Å². The van der Waals surface area contributed by atoms with Gasteiger partial charge in [-0.1, -0.05) is 6.92 Å². The summed E-state index contributed by atoms with van der Waals surface area (Å²) >= 11 is 1.81. The predicted octanol–water partition coefficient (Wildman–Crippen LogP) is 2.40. The molecular formula is C14H23N3O2S. The summed E-state index contributed by atoms with van der Waals surface area (Å²) in [6, 6.07) is 0.400. The van der Waals surface area contributed by atoms with Crippen molar-refractivity contribution in [3.8, 4) is 0 Å². The Labute approximate surface area is 124 Å². The lowest BCUT2D eigenvalue weighted by Crippen LogP contribution is -2.35. The van der Waals surface area contributed by atoms with Crippen LogP contribution in [0.15, 0.2) is 6.08 Å². The molecule has 0 aliphatic carbocycles. The van der Waals surface area contributed by atoms with Crippen LogP contribution in [-0.2, 0) is 11.8 Å². The van der Waals surface area contributed by atoms with Crippen molar-refractivity contribution in [2.45, 2.75) is 26.3 Å². The molecule has 0 saturated carbocycles. The number of anilines is 1. The molecular weight excluding hydrogens is 274 g/mol. The maximum absolute atomic E-state index is 10.7. The fraction of sp³-hybridized carbons (Fsp3) is 0.571. The van der Waals surface area contributed by atoms with Gasteiger partial charge in [0, 0.05) is 37.5 Å². The van der Waals surface area contributed by atoms with Gasteiger partial charge in [-0.05, 0) is 25.7 Å². The number of carboxylic acid groups (broad SMARTS) is 1. The number of aryl methyl sites for hydroxylation is 2. The SMILES string of the molecule is CCC(CSC)N(C)c1c(/C=C/C(=O)O)c(C)nn1C. The van der Waals surface area contributed by atoms with Crippen LogP contribution in [0.2, 0.25) is 0 Å². The molecule has 1 rings (SSSR count). The topological polar surface area (TPSA) is 58.4 Å². The molecule has 6 heteroatoms. The third kappa shape index (κ3) is 3.79. The van der Waals surface area contributed by atoms with Crippen molar-refractivity contribution in [3.05, 3.63) is 17.3 Å². The van der Waals surface area contributed by atoms with E-state index in [-0.39, 0.29) is 0 Å². The maximum atomic E-state index is 10.7. The van der Waals surface area contributed by atoms with E-state index in [1.54, 1.807) is 6.08 Å². The van der Waals surface area contributed by atoms with Crippen LogP contribution < -0.4 is 4.90 Å². The van der Waals surface area contributed by atoms with Crippen molar-refractivity contribution in [2.24, 2.45) is 7.05 Å². The van der Waals surface area contributed by atoms with Crippen LogP contribution in [-0.4, -0.2) is 46.0 Å². The average molecular weight is 297 g/mol. The summed E-state index contributed by atoms with van der Waals surface area (Å²) in [5, 5.41) is 13.2. The first-order valence-corrected chi connectivity index (χ1v) is 7.98. The zero-order valence-corrected chi connectivity index (χ0v) is 13.6. The van der Waals surface area contributed by atoms with Crippen LogP contribution in [0.4, 0.5) is 5.82 Å². The quantitative estimate of drug-likeness (QED) is 0.783. The van der Waals surface area contributed by atoms with E-state index < -0.39 is 5.97 Å². The van der Waals surface area contributed by atoms with E-state index in [2.05, 4.69) is 23.2 Å². The van der Waals surface area contributed by atoms with Crippen LogP contribution in [0, 0.1) is 6.92 Å². The van der Waals surface area contributed by atoms with Gasteiger partial charge in [-0.2, -0.15) is 16.9 Å². The van der Waals surface area contributed by atoms with Crippen molar-refractivity contribution >= 4 is 29.6 Å². The third-order valence-corrected chi connectivity index (χ3v) is 4.06. The van der Waals surface area contributed by atoms with Crippen molar-refractivity contribution in [2.75, 3.05) is 24.0 Å². The minimum atomic E-state index is -0.946. The second-order valence-corrected chi connectivity index (χ2v) is 5.66. The number of nitrogens with zero attached hydrogens (tertiary/aromatic N) is 3. The molecule has 0 aliphatic rings. The normalized spacial score (nSPS) is 12.8. The fourth-order valence-corrected chi connectivity index (χ4v) is 3.14.